The molecule has 0 aliphatic heterocycles. The first-order valence-electron chi connectivity index (χ1n) is 2.88. The van der Waals surface area contributed by atoms with Gasteiger partial charge in [0.2, 0.25) is 0 Å². The number of hydrogen-bond acceptors (Lipinski definition) is 2. The second-order valence-corrected chi connectivity index (χ2v) is 2.10. The predicted octanol–water partition coefficient (Wildman–Crippen LogP) is 1.15. The van der Waals surface area contributed by atoms with E-state index in [1.165, 1.54) is 5.69 Å². The van der Waals surface area contributed by atoms with Crippen LogP contribution in [0.4, 0.5) is 5.69 Å². The molecule has 1 aromatic rings. The van der Waals surface area contributed by atoms with Crippen LogP contribution in [0.25, 0.3) is 0 Å². The molecule has 0 saturated heterocycles. The van der Waals surface area contributed by atoms with Gasteiger partial charge in [0.1, 0.15) is 0 Å². The van der Waals surface area contributed by atoms with Gasteiger partial charge in [-0.25, -0.2) is 0 Å². The zero-order valence-corrected chi connectivity index (χ0v) is 8.51. The van der Waals surface area contributed by atoms with Crippen molar-refractivity contribution in [1.82, 2.24) is 4.98 Å². The number of rotatable bonds is 1. The Morgan fingerprint density at radius 3 is 2.00 bits per heavy atom. The summed E-state index contributed by atoms with van der Waals surface area (Å²) in [5, 5.41) is 0. The van der Waals surface area contributed by atoms with Crippen molar-refractivity contribution in [2.75, 3.05) is 19.0 Å². The monoisotopic (exact) mass is 275 g/mol. The van der Waals surface area contributed by atoms with Gasteiger partial charge in [0, 0.05) is 32.2 Å². The Kier molecular flexibility index (Phi) is 5.50. The quantitative estimate of drug-likeness (QED) is 0.763. The molecule has 52 valence electrons. The van der Waals surface area contributed by atoms with Crippen LogP contribution in [-0.4, -0.2) is 19.1 Å². The fourth-order valence-corrected chi connectivity index (χ4v) is 0.642. The van der Waals surface area contributed by atoms with Crippen LogP contribution in [0.5, 0.6) is 0 Å². The molecule has 0 aromatic carbocycles. The van der Waals surface area contributed by atoms with Gasteiger partial charge in [0.05, 0.1) is 0 Å². The van der Waals surface area contributed by atoms with Crippen LogP contribution in [-0.2, 0) is 0 Å². The van der Waals surface area contributed by atoms with E-state index < -0.39 is 0 Å². The third kappa shape index (κ3) is 3.08. The van der Waals surface area contributed by atoms with E-state index >= 15 is 0 Å². The maximum atomic E-state index is 3.90. The summed E-state index contributed by atoms with van der Waals surface area (Å²) in [6.45, 7) is 0. The molecule has 2 nitrogen and oxygen atoms in total. The fraction of sp³-hybridized carbons (Fsp3) is 0.286. The first-order chi connectivity index (χ1) is 4.30. The summed E-state index contributed by atoms with van der Waals surface area (Å²) < 4.78 is 0. The zero-order chi connectivity index (χ0) is 6.69. The number of nitrogens with zero attached hydrogens (tertiary/aromatic N) is 2. The van der Waals surface area contributed by atoms with Crippen LogP contribution in [0.15, 0.2) is 24.5 Å². The van der Waals surface area contributed by atoms with E-state index in [2.05, 4.69) is 4.98 Å². The molecule has 0 aliphatic carbocycles. The van der Waals surface area contributed by atoms with Crippen molar-refractivity contribution in [3.05, 3.63) is 24.5 Å². The van der Waals surface area contributed by atoms with Crippen molar-refractivity contribution < 1.29 is 49.4 Å². The topological polar surface area (TPSA) is 16.1 Å². The van der Waals surface area contributed by atoms with Crippen molar-refractivity contribution in [2.24, 2.45) is 0 Å². The molecule has 0 saturated carbocycles. The zero-order valence-electron chi connectivity index (χ0n) is 6.08. The molecule has 3 heteroatoms. The Balaban J connectivity index is 0.000000810. The Bertz CT molecular complexity index is 174. The van der Waals surface area contributed by atoms with Gasteiger partial charge in [0.25, 0.3) is 0 Å². The maximum Gasteiger partial charge on any atom is 3.00 e. The van der Waals surface area contributed by atoms with Gasteiger partial charge in [-0.05, 0) is 12.1 Å². The van der Waals surface area contributed by atoms with Gasteiger partial charge in [-0.1, -0.05) is 0 Å². The van der Waals surface area contributed by atoms with Crippen LogP contribution in [0.2, 0.25) is 0 Å². The third-order valence-electron chi connectivity index (χ3n) is 1.18. The summed E-state index contributed by atoms with van der Waals surface area (Å²) in [6, 6.07) is 3.94. The van der Waals surface area contributed by atoms with Crippen LogP contribution >= 0.6 is 0 Å². The maximum absolute atomic E-state index is 3.90. The molecule has 0 N–H and O–H groups in total. The molecule has 0 unspecified atom stereocenters. The van der Waals surface area contributed by atoms with Crippen molar-refractivity contribution in [3.8, 4) is 0 Å². The molecular weight excluding hydrogens is 264 g/mol. The summed E-state index contributed by atoms with van der Waals surface area (Å²) in [6.07, 6.45) is 3.57. The molecule has 0 atom stereocenters. The summed E-state index contributed by atoms with van der Waals surface area (Å²) in [4.78, 5) is 5.94. The van der Waals surface area contributed by atoms with Gasteiger partial charge in [-0.2, -0.15) is 0 Å². The number of anilines is 1. The minimum absolute atomic E-state index is 0. The third-order valence-corrected chi connectivity index (χ3v) is 1.18. The Morgan fingerprint density at radius 2 is 1.70 bits per heavy atom. The molecule has 1 rings (SSSR count). The van der Waals surface area contributed by atoms with E-state index in [0.29, 0.717) is 0 Å². The summed E-state index contributed by atoms with van der Waals surface area (Å²) in [7, 11) is 4.02. The van der Waals surface area contributed by atoms with Gasteiger partial charge in [-0.15, -0.1) is 0 Å². The second-order valence-electron chi connectivity index (χ2n) is 2.10. The smallest absolute Gasteiger partial charge is 0.378 e. The normalized spacial score (nSPS) is 8.20. The fourth-order valence-electron chi connectivity index (χ4n) is 0.642. The number of pyridine rings is 1. The average molecular weight is 274 g/mol. The van der Waals surface area contributed by atoms with Gasteiger partial charge >= 0.3 is 49.4 Å². The van der Waals surface area contributed by atoms with Gasteiger partial charge < -0.3 is 4.90 Å². The van der Waals surface area contributed by atoms with E-state index in [-0.39, 0.29) is 49.4 Å². The summed E-state index contributed by atoms with van der Waals surface area (Å²) in [5.74, 6) is 0. The summed E-state index contributed by atoms with van der Waals surface area (Å²) >= 11 is 0. The first kappa shape index (κ1) is 10.5. The molecule has 0 spiro atoms. The largest absolute Gasteiger partial charge is 3.00 e. The molecule has 0 bridgehead atoms. The summed E-state index contributed by atoms with van der Waals surface area (Å²) in [5.41, 5.74) is 1.19. The first-order valence-corrected chi connectivity index (χ1v) is 2.88. The van der Waals surface area contributed by atoms with Crippen molar-refractivity contribution in [2.45, 2.75) is 0 Å². The number of aromatic nitrogens is 1. The molecular formula is C7H10EuN2+3. The minimum Gasteiger partial charge on any atom is -0.378 e. The van der Waals surface area contributed by atoms with E-state index in [9.17, 15) is 0 Å². The van der Waals surface area contributed by atoms with E-state index in [4.69, 9.17) is 0 Å². The minimum atomic E-state index is 0. The average Bonchev–Trinajstić information content (AvgIpc) is 1.90. The molecule has 0 fully saturated rings. The van der Waals surface area contributed by atoms with Crippen molar-refractivity contribution in [1.29, 1.82) is 0 Å². The van der Waals surface area contributed by atoms with Crippen LogP contribution in [0.3, 0.4) is 0 Å². The van der Waals surface area contributed by atoms with Gasteiger partial charge in [-0.3, -0.25) is 4.98 Å². The van der Waals surface area contributed by atoms with E-state index in [0.717, 1.165) is 0 Å². The SMILES string of the molecule is CN(C)c1ccncc1.[Eu+3]. The molecule has 0 radical (unpaired) electrons. The number of hydrogen-bond donors (Lipinski definition) is 0. The molecule has 0 aliphatic rings. The Labute approximate surface area is 102 Å². The van der Waals surface area contributed by atoms with Crippen LogP contribution in [0.1, 0.15) is 0 Å². The molecule has 1 heterocycles. The standard InChI is InChI=1S/C7H10N2.Eu/c1-9(2)7-3-5-8-6-4-7;/h3-6H,1-2H3;/q;+3. The van der Waals surface area contributed by atoms with E-state index in [1.54, 1.807) is 12.4 Å². The van der Waals surface area contributed by atoms with Crippen molar-refractivity contribution >= 4 is 5.69 Å². The van der Waals surface area contributed by atoms with Crippen molar-refractivity contribution in [3.63, 3.8) is 0 Å². The predicted molar refractivity (Wildman–Crippen MR) is 38.6 cm³/mol. The van der Waals surface area contributed by atoms with Crippen LogP contribution in [0, 0.1) is 49.4 Å². The molecule has 10 heavy (non-hydrogen) atoms. The molecule has 0 amide bonds. The van der Waals surface area contributed by atoms with Gasteiger partial charge in [0.15, 0.2) is 0 Å². The van der Waals surface area contributed by atoms with E-state index in [1.807, 2.05) is 31.1 Å². The Hall–Kier alpha value is 0.534. The van der Waals surface area contributed by atoms with Crippen LogP contribution < -0.4 is 4.90 Å². The Morgan fingerprint density at radius 1 is 1.20 bits per heavy atom. The molecule has 1 aromatic heterocycles. The second kappa shape index (κ2) is 5.22.